The van der Waals surface area contributed by atoms with Crippen molar-refractivity contribution in [2.75, 3.05) is 20.2 Å². The summed E-state index contributed by atoms with van der Waals surface area (Å²) in [6, 6.07) is 12.8. The fourth-order valence-corrected chi connectivity index (χ4v) is 5.18. The van der Waals surface area contributed by atoms with Gasteiger partial charge in [-0.2, -0.15) is 4.31 Å². The van der Waals surface area contributed by atoms with Crippen molar-refractivity contribution in [3.8, 4) is 5.75 Å². The second-order valence-corrected chi connectivity index (χ2v) is 8.34. The van der Waals surface area contributed by atoms with Crippen molar-refractivity contribution in [1.29, 1.82) is 0 Å². The summed E-state index contributed by atoms with van der Waals surface area (Å²) < 4.78 is 32.9. The first-order valence-electron chi connectivity index (χ1n) is 7.82. The highest BCUT2D eigenvalue weighted by Gasteiger charge is 2.35. The Labute approximate surface area is 148 Å². The van der Waals surface area contributed by atoms with Gasteiger partial charge in [-0.3, -0.25) is 0 Å². The van der Waals surface area contributed by atoms with Crippen LogP contribution in [0.3, 0.4) is 0 Å². The molecule has 4 nitrogen and oxygen atoms in total. The number of benzene rings is 2. The van der Waals surface area contributed by atoms with Crippen LogP contribution < -0.4 is 4.74 Å². The van der Waals surface area contributed by atoms with E-state index in [0.717, 1.165) is 17.7 Å². The van der Waals surface area contributed by atoms with Gasteiger partial charge in [0.1, 0.15) is 5.75 Å². The maximum absolute atomic E-state index is 13.0. The second kappa shape index (κ2) is 6.75. The lowest BCUT2D eigenvalue weighted by Gasteiger charge is -2.19. The van der Waals surface area contributed by atoms with Gasteiger partial charge in [-0.15, -0.1) is 0 Å². The molecule has 2 aromatic carbocycles. The monoisotopic (exact) mass is 365 g/mol. The summed E-state index contributed by atoms with van der Waals surface area (Å²) >= 11 is 5.99. The number of nitrogens with zero attached hydrogens (tertiary/aromatic N) is 1. The van der Waals surface area contributed by atoms with E-state index in [1.165, 1.54) is 6.07 Å². The Morgan fingerprint density at radius 2 is 1.96 bits per heavy atom. The minimum atomic E-state index is -3.54. The Morgan fingerprint density at radius 3 is 2.71 bits per heavy atom. The first-order valence-corrected chi connectivity index (χ1v) is 9.64. The van der Waals surface area contributed by atoms with Crippen molar-refractivity contribution in [2.24, 2.45) is 0 Å². The molecule has 3 rings (SSSR count). The van der Waals surface area contributed by atoms with Crippen LogP contribution in [0.2, 0.25) is 5.02 Å². The molecule has 0 bridgehead atoms. The molecule has 0 aromatic heterocycles. The molecule has 0 aliphatic carbocycles. The second-order valence-electron chi connectivity index (χ2n) is 6.00. The van der Waals surface area contributed by atoms with Crippen LogP contribution in [0.15, 0.2) is 47.4 Å². The number of hydrogen-bond acceptors (Lipinski definition) is 3. The smallest absolute Gasteiger partial charge is 0.243 e. The first kappa shape index (κ1) is 17.3. The molecule has 1 aliphatic heterocycles. The van der Waals surface area contributed by atoms with Crippen LogP contribution in [0.4, 0.5) is 0 Å². The van der Waals surface area contributed by atoms with Crippen LogP contribution in [0.5, 0.6) is 5.75 Å². The maximum atomic E-state index is 13.0. The molecule has 1 atom stereocenters. The van der Waals surface area contributed by atoms with E-state index in [0.29, 0.717) is 23.7 Å². The number of rotatable bonds is 4. The summed E-state index contributed by atoms with van der Waals surface area (Å²) in [6.45, 7) is 2.74. The molecule has 1 aliphatic rings. The van der Waals surface area contributed by atoms with E-state index in [9.17, 15) is 8.42 Å². The van der Waals surface area contributed by atoms with E-state index in [-0.39, 0.29) is 10.8 Å². The zero-order valence-electron chi connectivity index (χ0n) is 13.7. The largest absolute Gasteiger partial charge is 0.496 e. The standard InChI is InChI=1S/C18H20ClNO3S/c1-13-7-8-15(19)11-18(13)24(21,22)20-10-9-14(12-20)16-5-3-4-6-17(16)23-2/h3-8,11,14H,9-10,12H2,1-2H3/t14-/m0/s1. The summed E-state index contributed by atoms with van der Waals surface area (Å²) in [5.41, 5.74) is 1.76. The molecule has 6 heteroatoms. The predicted octanol–water partition coefficient (Wildman–Crippen LogP) is 3.84. The number of ether oxygens (including phenoxy) is 1. The van der Waals surface area contributed by atoms with Crippen LogP contribution in [-0.4, -0.2) is 32.9 Å². The quantitative estimate of drug-likeness (QED) is 0.827. The van der Waals surface area contributed by atoms with Gasteiger partial charge in [0.15, 0.2) is 0 Å². The minimum Gasteiger partial charge on any atom is -0.496 e. The first-order chi connectivity index (χ1) is 11.4. The number of sulfonamides is 1. The third-order valence-electron chi connectivity index (χ3n) is 4.50. The van der Waals surface area contributed by atoms with E-state index >= 15 is 0 Å². The Morgan fingerprint density at radius 1 is 1.21 bits per heavy atom. The zero-order valence-corrected chi connectivity index (χ0v) is 15.3. The Balaban J connectivity index is 1.88. The highest BCUT2D eigenvalue weighted by atomic mass is 35.5. The average molecular weight is 366 g/mol. The molecule has 1 heterocycles. The van der Waals surface area contributed by atoms with Gasteiger partial charge in [0.25, 0.3) is 0 Å². The van der Waals surface area contributed by atoms with Gasteiger partial charge in [0.05, 0.1) is 12.0 Å². The van der Waals surface area contributed by atoms with Crippen LogP contribution in [0.1, 0.15) is 23.5 Å². The van der Waals surface area contributed by atoms with Gasteiger partial charge in [-0.1, -0.05) is 35.9 Å². The van der Waals surface area contributed by atoms with Gasteiger partial charge < -0.3 is 4.74 Å². The summed E-state index contributed by atoms with van der Waals surface area (Å²) in [5, 5.41) is 0.430. The maximum Gasteiger partial charge on any atom is 0.243 e. The molecule has 0 N–H and O–H groups in total. The number of methoxy groups -OCH3 is 1. The van der Waals surface area contributed by atoms with E-state index < -0.39 is 10.0 Å². The molecule has 1 fully saturated rings. The van der Waals surface area contributed by atoms with Crippen molar-refractivity contribution in [1.82, 2.24) is 4.31 Å². The van der Waals surface area contributed by atoms with Crippen molar-refractivity contribution in [3.05, 3.63) is 58.6 Å². The van der Waals surface area contributed by atoms with Crippen molar-refractivity contribution in [3.63, 3.8) is 0 Å². The highest BCUT2D eigenvalue weighted by Crippen LogP contribution is 2.36. The van der Waals surface area contributed by atoms with Crippen LogP contribution in [-0.2, 0) is 10.0 Å². The third kappa shape index (κ3) is 3.16. The Kier molecular flexibility index (Phi) is 4.85. The number of para-hydroxylation sites is 1. The number of halogens is 1. The molecule has 0 radical (unpaired) electrons. The molecule has 0 spiro atoms. The van der Waals surface area contributed by atoms with E-state index in [4.69, 9.17) is 16.3 Å². The van der Waals surface area contributed by atoms with Gasteiger partial charge in [0, 0.05) is 24.0 Å². The van der Waals surface area contributed by atoms with Crippen molar-refractivity contribution in [2.45, 2.75) is 24.2 Å². The highest BCUT2D eigenvalue weighted by molar-refractivity contribution is 7.89. The van der Waals surface area contributed by atoms with Crippen LogP contribution in [0, 0.1) is 6.92 Å². The number of hydrogen-bond donors (Lipinski definition) is 0. The Hall–Kier alpha value is -1.56. The average Bonchev–Trinajstić information content (AvgIpc) is 3.07. The fraction of sp³-hybridized carbons (Fsp3) is 0.333. The fourth-order valence-electron chi connectivity index (χ4n) is 3.19. The summed E-state index contributed by atoms with van der Waals surface area (Å²) in [5.74, 6) is 0.941. The van der Waals surface area contributed by atoms with Gasteiger partial charge in [0.2, 0.25) is 10.0 Å². The molecule has 1 saturated heterocycles. The molecule has 0 unspecified atom stereocenters. The van der Waals surface area contributed by atoms with Crippen LogP contribution >= 0.6 is 11.6 Å². The molecule has 2 aromatic rings. The van der Waals surface area contributed by atoms with Gasteiger partial charge in [-0.05, 0) is 42.7 Å². The normalized spacial score (nSPS) is 18.7. The predicted molar refractivity (Wildman–Crippen MR) is 95.3 cm³/mol. The molecule has 0 saturated carbocycles. The van der Waals surface area contributed by atoms with Crippen molar-refractivity contribution >= 4 is 21.6 Å². The SMILES string of the molecule is COc1ccccc1[C@H]1CCN(S(=O)(=O)c2cc(Cl)ccc2C)C1. The molecular formula is C18H20ClNO3S. The molecule has 24 heavy (non-hydrogen) atoms. The summed E-state index contributed by atoms with van der Waals surface area (Å²) in [4.78, 5) is 0.288. The third-order valence-corrected chi connectivity index (χ3v) is 6.74. The summed E-state index contributed by atoms with van der Waals surface area (Å²) in [6.07, 6.45) is 0.777. The lowest BCUT2D eigenvalue weighted by molar-refractivity contribution is 0.405. The van der Waals surface area contributed by atoms with E-state index in [1.54, 1.807) is 30.5 Å². The minimum absolute atomic E-state index is 0.135. The van der Waals surface area contributed by atoms with E-state index in [2.05, 4.69) is 0 Å². The Bertz CT molecular complexity index is 851. The lowest BCUT2D eigenvalue weighted by atomic mass is 9.97. The van der Waals surface area contributed by atoms with Crippen LogP contribution in [0.25, 0.3) is 0 Å². The zero-order chi connectivity index (χ0) is 17.3. The van der Waals surface area contributed by atoms with Gasteiger partial charge >= 0.3 is 0 Å². The lowest BCUT2D eigenvalue weighted by Crippen LogP contribution is -2.29. The van der Waals surface area contributed by atoms with Gasteiger partial charge in [-0.25, -0.2) is 8.42 Å². The molecule has 0 amide bonds. The number of aryl methyl sites for hydroxylation is 1. The van der Waals surface area contributed by atoms with Crippen molar-refractivity contribution < 1.29 is 13.2 Å². The summed E-state index contributed by atoms with van der Waals surface area (Å²) in [7, 11) is -1.91. The van der Waals surface area contributed by atoms with E-state index in [1.807, 2.05) is 24.3 Å². The molecular weight excluding hydrogens is 346 g/mol. The topological polar surface area (TPSA) is 46.6 Å². The molecule has 128 valence electrons.